The number of nitrogens with zero attached hydrogens (tertiary/aromatic N) is 5. The van der Waals surface area contributed by atoms with Crippen molar-refractivity contribution in [2.45, 2.75) is 38.3 Å². The fraction of sp³-hybridized carbons (Fsp3) is 0.467. The number of rotatable bonds is 3. The van der Waals surface area contributed by atoms with Crippen molar-refractivity contribution in [1.29, 1.82) is 0 Å². The van der Waals surface area contributed by atoms with E-state index < -0.39 is 18.1 Å². The lowest BCUT2D eigenvalue weighted by molar-refractivity contribution is -0.126. The summed E-state index contributed by atoms with van der Waals surface area (Å²) in [5.41, 5.74) is 1.64. The Morgan fingerprint density at radius 1 is 1.33 bits per heavy atom. The number of anilines is 1. The molecule has 126 valence electrons. The fourth-order valence-electron chi connectivity index (χ4n) is 3.05. The molecule has 0 bridgehead atoms. The van der Waals surface area contributed by atoms with Crippen LogP contribution in [0.2, 0.25) is 0 Å². The Morgan fingerprint density at radius 3 is 2.92 bits per heavy atom. The van der Waals surface area contributed by atoms with Crippen molar-refractivity contribution in [2.75, 3.05) is 11.4 Å². The summed E-state index contributed by atoms with van der Waals surface area (Å²) in [6, 6.07) is 2.14. The molecule has 4 heterocycles. The number of carbonyl (C=O) groups excluding carboxylic acids is 1. The largest absolute Gasteiger partial charge is 0.455 e. The Morgan fingerprint density at radius 2 is 2.12 bits per heavy atom. The molecule has 0 radical (unpaired) electrons. The lowest BCUT2D eigenvalue weighted by atomic mass is 10.2. The standard InChI is InChI=1S/C15H18N6O3/c1-9-7-21-11(5-18-9)10(6-19-21)20-8-12(13(22)14(20)23)24-15-16-3-2-4-17-15/h2-4,6,9,12-13,18,22H,5,7-8H2,1H3/t9-,12+,13-/m0/s1. The van der Waals surface area contributed by atoms with Gasteiger partial charge in [-0.05, 0) is 13.0 Å². The topological polar surface area (TPSA) is 105 Å². The lowest BCUT2D eigenvalue weighted by Crippen LogP contribution is -2.38. The molecule has 1 fully saturated rings. The number of amides is 1. The first-order chi connectivity index (χ1) is 11.6. The van der Waals surface area contributed by atoms with Gasteiger partial charge in [0.25, 0.3) is 5.91 Å². The van der Waals surface area contributed by atoms with Gasteiger partial charge in [-0.15, -0.1) is 0 Å². The first kappa shape index (κ1) is 15.0. The zero-order chi connectivity index (χ0) is 16.7. The first-order valence-corrected chi connectivity index (χ1v) is 7.84. The summed E-state index contributed by atoms with van der Waals surface area (Å²) in [7, 11) is 0. The highest BCUT2D eigenvalue weighted by molar-refractivity contribution is 5.99. The van der Waals surface area contributed by atoms with Crippen LogP contribution in [0.1, 0.15) is 12.6 Å². The molecule has 3 atom stereocenters. The second-order valence-corrected chi connectivity index (χ2v) is 6.02. The second kappa shape index (κ2) is 5.84. The van der Waals surface area contributed by atoms with Crippen molar-refractivity contribution < 1.29 is 14.6 Å². The third-order valence-corrected chi connectivity index (χ3v) is 4.31. The normalized spacial score (nSPS) is 26.5. The summed E-state index contributed by atoms with van der Waals surface area (Å²) in [6.45, 7) is 3.69. The Kier molecular flexibility index (Phi) is 3.66. The Bertz CT molecular complexity index is 749. The molecule has 9 nitrogen and oxygen atoms in total. The first-order valence-electron chi connectivity index (χ1n) is 7.84. The highest BCUT2D eigenvalue weighted by Gasteiger charge is 2.43. The third kappa shape index (κ3) is 2.51. The molecular formula is C15H18N6O3. The number of aromatic nitrogens is 4. The van der Waals surface area contributed by atoms with Crippen molar-refractivity contribution in [3.63, 3.8) is 0 Å². The van der Waals surface area contributed by atoms with Crippen molar-refractivity contribution in [3.05, 3.63) is 30.4 Å². The highest BCUT2D eigenvalue weighted by Crippen LogP contribution is 2.28. The minimum atomic E-state index is -1.25. The van der Waals surface area contributed by atoms with E-state index in [0.717, 1.165) is 12.2 Å². The average molecular weight is 330 g/mol. The van der Waals surface area contributed by atoms with Gasteiger partial charge in [-0.25, -0.2) is 9.97 Å². The van der Waals surface area contributed by atoms with Crippen LogP contribution in [0.3, 0.4) is 0 Å². The van der Waals surface area contributed by atoms with Gasteiger partial charge in [0.15, 0.2) is 12.2 Å². The smallest absolute Gasteiger partial charge is 0.316 e. The van der Waals surface area contributed by atoms with Gasteiger partial charge in [0.05, 0.1) is 30.7 Å². The summed E-state index contributed by atoms with van der Waals surface area (Å²) < 4.78 is 7.46. The Balaban J connectivity index is 1.56. The quantitative estimate of drug-likeness (QED) is 0.768. The molecule has 2 N–H and O–H groups in total. The summed E-state index contributed by atoms with van der Waals surface area (Å²) >= 11 is 0. The van der Waals surface area contributed by atoms with E-state index in [4.69, 9.17) is 4.74 Å². The summed E-state index contributed by atoms with van der Waals surface area (Å²) in [6.07, 6.45) is 2.79. The van der Waals surface area contributed by atoms with Crippen molar-refractivity contribution in [3.8, 4) is 6.01 Å². The number of aliphatic hydroxyl groups excluding tert-OH is 1. The number of fused-ring (bicyclic) bond motifs is 1. The molecule has 2 aliphatic rings. The average Bonchev–Trinajstić information content (AvgIpc) is 3.11. The summed E-state index contributed by atoms with van der Waals surface area (Å²) in [5, 5.41) is 17.9. The van der Waals surface area contributed by atoms with Gasteiger partial charge in [-0.1, -0.05) is 0 Å². The minimum Gasteiger partial charge on any atom is -0.455 e. The maximum absolute atomic E-state index is 12.5. The van der Waals surface area contributed by atoms with Crippen LogP contribution in [0, 0.1) is 0 Å². The molecular weight excluding hydrogens is 312 g/mol. The van der Waals surface area contributed by atoms with E-state index in [-0.39, 0.29) is 12.6 Å². The van der Waals surface area contributed by atoms with Gasteiger partial charge in [0, 0.05) is 25.0 Å². The predicted molar refractivity (Wildman–Crippen MR) is 83.3 cm³/mol. The number of hydrogen-bond acceptors (Lipinski definition) is 7. The second-order valence-electron chi connectivity index (χ2n) is 6.02. The van der Waals surface area contributed by atoms with Crippen LogP contribution in [-0.2, 0) is 17.9 Å². The van der Waals surface area contributed by atoms with Crippen molar-refractivity contribution in [2.24, 2.45) is 0 Å². The van der Waals surface area contributed by atoms with Gasteiger partial charge in [-0.3, -0.25) is 9.48 Å². The summed E-state index contributed by atoms with van der Waals surface area (Å²) in [5.74, 6) is -0.398. The Hall–Kier alpha value is -2.52. The van der Waals surface area contributed by atoms with Crippen LogP contribution in [0.25, 0.3) is 0 Å². The molecule has 2 aromatic rings. The van der Waals surface area contributed by atoms with E-state index in [1.807, 2.05) is 4.68 Å². The third-order valence-electron chi connectivity index (χ3n) is 4.31. The Labute approximate surface area is 138 Å². The van der Waals surface area contributed by atoms with E-state index >= 15 is 0 Å². The van der Waals surface area contributed by atoms with Crippen LogP contribution in [-0.4, -0.2) is 55.6 Å². The number of hydrogen-bond donors (Lipinski definition) is 2. The molecule has 4 rings (SSSR count). The van der Waals surface area contributed by atoms with Gasteiger partial charge < -0.3 is 20.1 Å². The van der Waals surface area contributed by atoms with Crippen LogP contribution >= 0.6 is 0 Å². The van der Waals surface area contributed by atoms with E-state index in [2.05, 4.69) is 27.3 Å². The van der Waals surface area contributed by atoms with Crippen LogP contribution in [0.5, 0.6) is 6.01 Å². The monoisotopic (exact) mass is 330 g/mol. The molecule has 9 heteroatoms. The molecule has 2 aromatic heterocycles. The molecule has 2 aliphatic heterocycles. The van der Waals surface area contributed by atoms with Gasteiger partial charge in [0.2, 0.25) is 0 Å². The number of carbonyl (C=O) groups is 1. The highest BCUT2D eigenvalue weighted by atomic mass is 16.5. The SMILES string of the molecule is C[C@H]1Cn2ncc(N3C[C@@H](Oc4ncccn4)[C@H](O)C3=O)c2CN1. The van der Waals surface area contributed by atoms with Crippen molar-refractivity contribution >= 4 is 11.6 Å². The van der Waals surface area contributed by atoms with E-state index in [0.29, 0.717) is 18.3 Å². The van der Waals surface area contributed by atoms with E-state index in [1.54, 1.807) is 24.7 Å². The van der Waals surface area contributed by atoms with Crippen LogP contribution in [0.4, 0.5) is 5.69 Å². The molecule has 0 unspecified atom stereocenters. The fourth-order valence-corrected chi connectivity index (χ4v) is 3.05. The molecule has 0 spiro atoms. The number of nitrogens with one attached hydrogen (secondary N) is 1. The predicted octanol–water partition coefficient (Wildman–Crippen LogP) is -0.680. The molecule has 1 saturated heterocycles. The zero-order valence-electron chi connectivity index (χ0n) is 13.2. The minimum absolute atomic E-state index is 0.142. The molecule has 24 heavy (non-hydrogen) atoms. The molecule has 0 aliphatic carbocycles. The maximum atomic E-state index is 12.5. The maximum Gasteiger partial charge on any atom is 0.316 e. The van der Waals surface area contributed by atoms with E-state index in [1.165, 1.54) is 4.90 Å². The summed E-state index contributed by atoms with van der Waals surface area (Å²) in [4.78, 5) is 21.9. The number of aliphatic hydroxyl groups is 1. The lowest BCUT2D eigenvalue weighted by Gasteiger charge is -2.24. The van der Waals surface area contributed by atoms with Gasteiger partial charge >= 0.3 is 6.01 Å². The molecule has 0 aromatic carbocycles. The molecule has 0 saturated carbocycles. The van der Waals surface area contributed by atoms with Crippen molar-refractivity contribution in [1.82, 2.24) is 25.1 Å². The van der Waals surface area contributed by atoms with E-state index in [9.17, 15) is 9.90 Å². The van der Waals surface area contributed by atoms with Gasteiger partial charge in [-0.2, -0.15) is 5.10 Å². The van der Waals surface area contributed by atoms with Crippen LogP contribution in [0.15, 0.2) is 24.7 Å². The molecule has 1 amide bonds. The number of ether oxygens (including phenoxy) is 1. The zero-order valence-corrected chi connectivity index (χ0v) is 13.2. The van der Waals surface area contributed by atoms with Crippen LogP contribution < -0.4 is 15.0 Å². The van der Waals surface area contributed by atoms with Gasteiger partial charge in [0.1, 0.15) is 0 Å².